The lowest BCUT2D eigenvalue weighted by atomic mass is 10.1. The first-order valence-electron chi connectivity index (χ1n) is 6.83. The van der Waals surface area contributed by atoms with Crippen molar-refractivity contribution < 1.29 is 9.59 Å². The van der Waals surface area contributed by atoms with E-state index in [2.05, 4.69) is 5.32 Å². The van der Waals surface area contributed by atoms with Gasteiger partial charge < -0.3 is 15.1 Å². The maximum atomic E-state index is 11.9. The van der Waals surface area contributed by atoms with Gasteiger partial charge in [0.15, 0.2) is 0 Å². The molecule has 5 nitrogen and oxygen atoms in total. The monoisotopic (exact) mass is 255 g/mol. The highest BCUT2D eigenvalue weighted by Gasteiger charge is 2.21. The molecule has 2 amide bonds. The Hall–Kier alpha value is -1.10. The quantitative estimate of drug-likeness (QED) is 0.701. The minimum absolute atomic E-state index is 0.106. The van der Waals surface area contributed by atoms with E-state index in [9.17, 15) is 9.59 Å². The minimum atomic E-state index is 0.106. The van der Waals surface area contributed by atoms with Crippen LogP contribution in [0.15, 0.2) is 0 Å². The van der Waals surface area contributed by atoms with E-state index in [4.69, 9.17) is 0 Å². The molecule has 1 aliphatic heterocycles. The van der Waals surface area contributed by atoms with E-state index in [0.29, 0.717) is 32.6 Å². The van der Waals surface area contributed by atoms with Gasteiger partial charge in [0.05, 0.1) is 0 Å². The molecule has 1 heterocycles. The molecule has 0 radical (unpaired) electrons. The fraction of sp³-hybridized carbons (Fsp3) is 0.846. The number of carbonyl (C=O) groups is 2. The molecule has 1 aliphatic rings. The van der Waals surface area contributed by atoms with Gasteiger partial charge in [0.2, 0.25) is 11.8 Å². The van der Waals surface area contributed by atoms with Gasteiger partial charge in [-0.3, -0.25) is 9.59 Å². The molecule has 1 saturated heterocycles. The van der Waals surface area contributed by atoms with Gasteiger partial charge in [-0.15, -0.1) is 0 Å². The van der Waals surface area contributed by atoms with Crippen molar-refractivity contribution in [3.63, 3.8) is 0 Å². The summed E-state index contributed by atoms with van der Waals surface area (Å²) in [5.41, 5.74) is 0. The molecule has 104 valence electrons. The molecule has 0 aromatic rings. The Bertz CT molecular complexity index is 273. The molecular weight excluding hydrogens is 230 g/mol. The maximum Gasteiger partial charge on any atom is 0.222 e. The van der Waals surface area contributed by atoms with Gasteiger partial charge in [-0.2, -0.15) is 0 Å². The minimum Gasteiger partial charge on any atom is -0.339 e. The predicted octanol–water partition coefficient (Wildman–Crippen LogP) is 0.457. The summed E-state index contributed by atoms with van der Waals surface area (Å²) in [6.07, 6.45) is 3.83. The summed E-state index contributed by atoms with van der Waals surface area (Å²) in [6, 6.07) is 0. The highest BCUT2D eigenvalue weighted by molar-refractivity contribution is 5.77. The normalized spacial score (nSPS) is 15.9. The van der Waals surface area contributed by atoms with E-state index in [-0.39, 0.29) is 11.8 Å². The summed E-state index contributed by atoms with van der Waals surface area (Å²) in [5, 5.41) is 3.10. The number of hydrogen-bond acceptors (Lipinski definition) is 3. The van der Waals surface area contributed by atoms with Gasteiger partial charge in [-0.05, 0) is 26.4 Å². The average molecular weight is 255 g/mol. The second kappa shape index (κ2) is 8.08. The smallest absolute Gasteiger partial charge is 0.222 e. The first-order valence-corrected chi connectivity index (χ1v) is 6.83. The molecule has 0 aromatic heterocycles. The third kappa shape index (κ3) is 5.04. The highest BCUT2D eigenvalue weighted by atomic mass is 16.2. The Morgan fingerprint density at radius 1 is 1.00 bits per heavy atom. The van der Waals surface area contributed by atoms with Crippen molar-refractivity contribution in [2.75, 3.05) is 39.8 Å². The van der Waals surface area contributed by atoms with Crippen molar-refractivity contribution in [3.05, 3.63) is 0 Å². The van der Waals surface area contributed by atoms with E-state index >= 15 is 0 Å². The largest absolute Gasteiger partial charge is 0.339 e. The summed E-state index contributed by atoms with van der Waals surface area (Å²) >= 11 is 0. The zero-order valence-corrected chi connectivity index (χ0v) is 11.6. The molecule has 1 N–H and O–H groups in total. The number of rotatable bonds is 6. The Morgan fingerprint density at radius 3 is 2.17 bits per heavy atom. The zero-order valence-electron chi connectivity index (χ0n) is 11.6. The summed E-state index contributed by atoms with van der Waals surface area (Å²) in [7, 11) is 1.94. The van der Waals surface area contributed by atoms with Crippen molar-refractivity contribution in [3.8, 4) is 0 Å². The van der Waals surface area contributed by atoms with Crippen LogP contribution in [0.25, 0.3) is 0 Å². The first kappa shape index (κ1) is 15.0. The number of nitrogens with one attached hydrogen (secondary N) is 1. The highest BCUT2D eigenvalue weighted by Crippen LogP contribution is 2.07. The Labute approximate surface area is 110 Å². The van der Waals surface area contributed by atoms with Crippen LogP contribution in [-0.2, 0) is 9.59 Å². The number of carbonyl (C=O) groups excluding carboxylic acids is 2. The molecule has 0 bridgehead atoms. The average Bonchev–Trinajstić information content (AvgIpc) is 2.38. The van der Waals surface area contributed by atoms with Crippen molar-refractivity contribution in [2.24, 2.45) is 0 Å². The summed E-state index contributed by atoms with van der Waals surface area (Å²) < 4.78 is 0. The molecule has 0 aliphatic carbocycles. The fourth-order valence-corrected chi connectivity index (χ4v) is 2.18. The van der Waals surface area contributed by atoms with Crippen LogP contribution in [0.5, 0.6) is 0 Å². The van der Waals surface area contributed by atoms with Gasteiger partial charge in [0.1, 0.15) is 0 Å². The molecule has 0 aromatic carbocycles. The van der Waals surface area contributed by atoms with E-state index in [1.165, 1.54) is 0 Å². The predicted molar refractivity (Wildman–Crippen MR) is 71.2 cm³/mol. The maximum absolute atomic E-state index is 11.9. The van der Waals surface area contributed by atoms with E-state index in [1.54, 1.807) is 11.8 Å². The van der Waals surface area contributed by atoms with E-state index in [1.807, 2.05) is 11.9 Å². The lowest BCUT2D eigenvalue weighted by molar-refractivity contribution is -0.138. The molecule has 18 heavy (non-hydrogen) atoms. The summed E-state index contributed by atoms with van der Waals surface area (Å²) in [5.74, 6) is 0.344. The zero-order chi connectivity index (χ0) is 13.4. The summed E-state index contributed by atoms with van der Waals surface area (Å²) in [6.45, 7) is 5.34. The van der Waals surface area contributed by atoms with E-state index < -0.39 is 0 Å². The standard InChI is InChI=1S/C13H25N3O2/c1-12(17)15-8-10-16(11-9-15)13(18)6-4-3-5-7-14-2/h14H,3-11H2,1-2H3. The molecule has 0 atom stereocenters. The SMILES string of the molecule is CNCCCCCC(=O)N1CCN(C(C)=O)CC1. The summed E-state index contributed by atoms with van der Waals surface area (Å²) in [4.78, 5) is 26.8. The van der Waals surface area contributed by atoms with Gasteiger partial charge >= 0.3 is 0 Å². The van der Waals surface area contributed by atoms with Crippen molar-refractivity contribution in [1.82, 2.24) is 15.1 Å². The van der Waals surface area contributed by atoms with Crippen LogP contribution in [0, 0.1) is 0 Å². The van der Waals surface area contributed by atoms with Crippen LogP contribution in [-0.4, -0.2) is 61.4 Å². The number of nitrogens with zero attached hydrogens (tertiary/aromatic N) is 2. The molecule has 1 fully saturated rings. The van der Waals surface area contributed by atoms with Crippen molar-refractivity contribution >= 4 is 11.8 Å². The second-order valence-corrected chi connectivity index (χ2v) is 4.80. The van der Waals surface area contributed by atoms with Crippen LogP contribution in [0.3, 0.4) is 0 Å². The molecular formula is C13H25N3O2. The molecule has 1 rings (SSSR count). The third-order valence-corrected chi connectivity index (χ3v) is 3.40. The fourth-order valence-electron chi connectivity index (χ4n) is 2.18. The lowest BCUT2D eigenvalue weighted by Crippen LogP contribution is -2.50. The molecule has 5 heteroatoms. The number of piperazine rings is 1. The van der Waals surface area contributed by atoms with Crippen molar-refractivity contribution in [1.29, 1.82) is 0 Å². The van der Waals surface area contributed by atoms with Gasteiger partial charge in [-0.1, -0.05) is 6.42 Å². The van der Waals surface area contributed by atoms with Crippen LogP contribution in [0.2, 0.25) is 0 Å². The second-order valence-electron chi connectivity index (χ2n) is 4.80. The van der Waals surface area contributed by atoms with Crippen LogP contribution < -0.4 is 5.32 Å². The van der Waals surface area contributed by atoms with Crippen LogP contribution in [0.1, 0.15) is 32.6 Å². The third-order valence-electron chi connectivity index (χ3n) is 3.40. The van der Waals surface area contributed by atoms with Gasteiger partial charge in [-0.25, -0.2) is 0 Å². The Balaban J connectivity index is 2.14. The lowest BCUT2D eigenvalue weighted by Gasteiger charge is -2.34. The Kier molecular flexibility index (Phi) is 6.72. The van der Waals surface area contributed by atoms with Crippen LogP contribution >= 0.6 is 0 Å². The number of hydrogen-bond donors (Lipinski definition) is 1. The van der Waals surface area contributed by atoms with Crippen LogP contribution in [0.4, 0.5) is 0 Å². The Morgan fingerprint density at radius 2 is 1.61 bits per heavy atom. The molecule has 0 saturated carbocycles. The number of amides is 2. The topological polar surface area (TPSA) is 52.7 Å². The molecule has 0 spiro atoms. The van der Waals surface area contributed by atoms with E-state index in [0.717, 1.165) is 25.8 Å². The van der Waals surface area contributed by atoms with Gasteiger partial charge in [0.25, 0.3) is 0 Å². The number of unbranched alkanes of at least 4 members (excludes halogenated alkanes) is 2. The molecule has 0 unspecified atom stereocenters. The van der Waals surface area contributed by atoms with Crippen molar-refractivity contribution in [2.45, 2.75) is 32.6 Å². The van der Waals surface area contributed by atoms with Gasteiger partial charge in [0, 0.05) is 39.5 Å². The first-order chi connectivity index (χ1) is 8.65.